The molecule has 106 valence electrons. The summed E-state index contributed by atoms with van der Waals surface area (Å²) in [5.74, 6) is 0.437. The average molecular weight is 283 g/mol. The Morgan fingerprint density at radius 1 is 1.30 bits per heavy atom. The van der Waals surface area contributed by atoms with Gasteiger partial charge in [-0.1, -0.05) is 0 Å². The van der Waals surface area contributed by atoms with Gasteiger partial charge in [0.1, 0.15) is 11.5 Å². The monoisotopic (exact) mass is 283 g/mol. The van der Waals surface area contributed by atoms with Gasteiger partial charge in [-0.3, -0.25) is 9.78 Å². The first-order chi connectivity index (χ1) is 9.38. The van der Waals surface area contributed by atoms with Crippen molar-refractivity contribution in [1.29, 1.82) is 0 Å². The maximum Gasteiger partial charge on any atom is 0.417 e. The number of Topliss-reactive ketones (excluding diaryl/α,β-unsaturated/α-hetero) is 1. The molecule has 2 heterocycles. The van der Waals surface area contributed by atoms with Gasteiger partial charge >= 0.3 is 6.18 Å². The molecule has 0 fully saturated rings. The van der Waals surface area contributed by atoms with Crippen LogP contribution in [0, 0.1) is 0 Å². The number of aryl methyl sites for hydroxylation is 2. The van der Waals surface area contributed by atoms with Crippen LogP contribution in [0.25, 0.3) is 0 Å². The Hall–Kier alpha value is -2.18. The molecule has 0 aromatic carbocycles. The van der Waals surface area contributed by atoms with E-state index in [1.165, 1.54) is 0 Å². The van der Waals surface area contributed by atoms with Crippen molar-refractivity contribution in [1.82, 2.24) is 14.5 Å². The molecule has 0 aliphatic carbocycles. The van der Waals surface area contributed by atoms with E-state index in [1.807, 2.05) is 7.05 Å². The zero-order valence-corrected chi connectivity index (χ0v) is 10.7. The molecule has 2 aromatic heterocycles. The lowest BCUT2D eigenvalue weighted by Crippen LogP contribution is -2.09. The maximum absolute atomic E-state index is 12.4. The highest BCUT2D eigenvalue weighted by molar-refractivity contribution is 5.94. The zero-order valence-electron chi connectivity index (χ0n) is 10.7. The summed E-state index contributed by atoms with van der Waals surface area (Å²) >= 11 is 0. The molecule has 2 aromatic rings. The predicted molar refractivity (Wildman–Crippen MR) is 65.1 cm³/mol. The van der Waals surface area contributed by atoms with Crippen LogP contribution >= 0.6 is 0 Å². The Labute approximate surface area is 113 Å². The second-order valence-electron chi connectivity index (χ2n) is 4.31. The van der Waals surface area contributed by atoms with Crippen LogP contribution in [0.1, 0.15) is 28.3 Å². The number of alkyl halides is 3. The minimum atomic E-state index is -4.44. The van der Waals surface area contributed by atoms with Gasteiger partial charge in [0.05, 0.1) is 5.56 Å². The Bertz CT molecular complexity index is 602. The first kappa shape index (κ1) is 14.2. The number of pyridine rings is 1. The number of aromatic nitrogens is 3. The van der Waals surface area contributed by atoms with Crippen LogP contribution in [0.3, 0.4) is 0 Å². The molecule has 0 amide bonds. The van der Waals surface area contributed by atoms with Crippen LogP contribution in [0.5, 0.6) is 0 Å². The smallest absolute Gasteiger partial charge is 0.338 e. The topological polar surface area (TPSA) is 47.8 Å². The minimum absolute atomic E-state index is 0.0345. The Morgan fingerprint density at radius 3 is 2.55 bits per heavy atom. The highest BCUT2D eigenvalue weighted by Crippen LogP contribution is 2.28. The molecule has 4 nitrogen and oxygen atoms in total. The molecule has 0 unspecified atom stereocenters. The second kappa shape index (κ2) is 5.44. The van der Waals surface area contributed by atoms with Gasteiger partial charge in [0, 0.05) is 38.5 Å². The summed E-state index contributed by atoms with van der Waals surface area (Å²) in [7, 11) is 1.81. The molecule has 2 rings (SSSR count). The molecule has 20 heavy (non-hydrogen) atoms. The number of ketones is 1. The lowest BCUT2D eigenvalue weighted by molar-refractivity contribution is -0.137. The fraction of sp³-hybridized carbons (Fsp3) is 0.308. The molecular weight excluding hydrogens is 271 g/mol. The van der Waals surface area contributed by atoms with E-state index in [2.05, 4.69) is 9.97 Å². The molecule has 0 saturated carbocycles. The third-order valence-corrected chi connectivity index (χ3v) is 2.87. The fourth-order valence-electron chi connectivity index (χ4n) is 1.72. The first-order valence-electron chi connectivity index (χ1n) is 5.90. The predicted octanol–water partition coefficient (Wildman–Crippen LogP) is 2.65. The SMILES string of the molecule is Cn1ccnc1CCC(=O)c1ccc(C(F)(F)F)cn1. The van der Waals surface area contributed by atoms with Gasteiger partial charge in [-0.05, 0) is 12.1 Å². The molecule has 0 radical (unpaired) electrons. The highest BCUT2D eigenvalue weighted by atomic mass is 19.4. The summed E-state index contributed by atoms with van der Waals surface area (Å²) in [6.45, 7) is 0. The van der Waals surface area contributed by atoms with E-state index < -0.39 is 11.7 Å². The van der Waals surface area contributed by atoms with Gasteiger partial charge in [0.15, 0.2) is 5.78 Å². The van der Waals surface area contributed by atoms with Gasteiger partial charge in [0.2, 0.25) is 0 Å². The van der Waals surface area contributed by atoms with Crippen molar-refractivity contribution in [3.63, 3.8) is 0 Å². The molecule has 0 N–H and O–H groups in total. The van der Waals surface area contributed by atoms with Gasteiger partial charge in [-0.15, -0.1) is 0 Å². The van der Waals surface area contributed by atoms with Gasteiger partial charge in [-0.2, -0.15) is 13.2 Å². The van der Waals surface area contributed by atoms with E-state index in [1.54, 1.807) is 17.0 Å². The number of imidazole rings is 1. The Kier molecular flexibility index (Phi) is 3.87. The molecule has 0 bridgehead atoms. The fourth-order valence-corrected chi connectivity index (χ4v) is 1.72. The number of halogens is 3. The standard InChI is InChI=1S/C13H12F3N3O/c1-19-7-6-17-12(19)5-4-11(20)10-3-2-9(8-18-10)13(14,15)16/h2-3,6-8H,4-5H2,1H3. The summed E-state index contributed by atoms with van der Waals surface area (Å²) in [6.07, 6.45) is 0.191. The van der Waals surface area contributed by atoms with Crippen LogP contribution in [0.4, 0.5) is 13.2 Å². The van der Waals surface area contributed by atoms with E-state index in [0.717, 1.165) is 18.0 Å². The van der Waals surface area contributed by atoms with Crippen molar-refractivity contribution in [3.05, 3.63) is 47.8 Å². The molecule has 0 aliphatic heterocycles. The van der Waals surface area contributed by atoms with E-state index >= 15 is 0 Å². The van der Waals surface area contributed by atoms with E-state index in [0.29, 0.717) is 12.6 Å². The molecule has 7 heteroatoms. The Morgan fingerprint density at radius 2 is 2.05 bits per heavy atom. The summed E-state index contributed by atoms with van der Waals surface area (Å²) in [5, 5.41) is 0. The van der Waals surface area contributed by atoms with E-state index in [4.69, 9.17) is 0 Å². The van der Waals surface area contributed by atoms with Crippen LogP contribution in [0.2, 0.25) is 0 Å². The Balaban J connectivity index is 2.01. The van der Waals surface area contributed by atoms with Crippen LogP contribution < -0.4 is 0 Å². The van der Waals surface area contributed by atoms with Crippen molar-refractivity contribution < 1.29 is 18.0 Å². The van der Waals surface area contributed by atoms with Crippen molar-refractivity contribution in [2.75, 3.05) is 0 Å². The normalized spacial score (nSPS) is 11.6. The maximum atomic E-state index is 12.4. The quantitative estimate of drug-likeness (QED) is 0.810. The van der Waals surface area contributed by atoms with Gasteiger partial charge in [0.25, 0.3) is 0 Å². The van der Waals surface area contributed by atoms with Crippen molar-refractivity contribution in [2.45, 2.75) is 19.0 Å². The largest absolute Gasteiger partial charge is 0.417 e. The summed E-state index contributed by atoms with van der Waals surface area (Å²) in [4.78, 5) is 19.5. The lowest BCUT2D eigenvalue weighted by atomic mass is 10.1. The van der Waals surface area contributed by atoms with Gasteiger partial charge < -0.3 is 4.57 Å². The van der Waals surface area contributed by atoms with Crippen molar-refractivity contribution in [3.8, 4) is 0 Å². The number of carbonyl (C=O) groups is 1. The lowest BCUT2D eigenvalue weighted by Gasteiger charge is -2.06. The first-order valence-corrected chi connectivity index (χ1v) is 5.90. The number of nitrogens with zero attached hydrogens (tertiary/aromatic N) is 3. The number of rotatable bonds is 4. The highest BCUT2D eigenvalue weighted by Gasteiger charge is 2.30. The summed E-state index contributed by atoms with van der Waals surface area (Å²) in [5.41, 5.74) is -0.828. The van der Waals surface area contributed by atoms with E-state index in [-0.39, 0.29) is 17.9 Å². The van der Waals surface area contributed by atoms with Crippen molar-refractivity contribution >= 4 is 5.78 Å². The van der Waals surface area contributed by atoms with Crippen molar-refractivity contribution in [2.24, 2.45) is 7.05 Å². The third-order valence-electron chi connectivity index (χ3n) is 2.87. The summed E-state index contributed by atoms with van der Waals surface area (Å²) in [6, 6.07) is 1.96. The minimum Gasteiger partial charge on any atom is -0.338 e. The van der Waals surface area contributed by atoms with Crippen LogP contribution in [-0.4, -0.2) is 20.3 Å². The second-order valence-corrected chi connectivity index (χ2v) is 4.31. The molecular formula is C13H12F3N3O. The van der Waals surface area contributed by atoms with Crippen LogP contribution in [-0.2, 0) is 19.6 Å². The average Bonchev–Trinajstić information content (AvgIpc) is 2.81. The molecule has 0 saturated heterocycles. The molecule has 0 aliphatic rings. The summed E-state index contributed by atoms with van der Waals surface area (Å²) < 4.78 is 38.9. The van der Waals surface area contributed by atoms with Gasteiger partial charge in [-0.25, -0.2) is 4.98 Å². The zero-order chi connectivity index (χ0) is 14.8. The number of carbonyl (C=O) groups excluding carboxylic acids is 1. The molecule has 0 spiro atoms. The van der Waals surface area contributed by atoms with E-state index in [9.17, 15) is 18.0 Å². The number of hydrogen-bond donors (Lipinski definition) is 0. The number of hydrogen-bond acceptors (Lipinski definition) is 3. The molecule has 0 atom stereocenters. The third kappa shape index (κ3) is 3.23. The van der Waals surface area contributed by atoms with Crippen LogP contribution in [0.15, 0.2) is 30.7 Å².